The zero-order chi connectivity index (χ0) is 15.3. The van der Waals surface area contributed by atoms with E-state index in [0.717, 1.165) is 18.5 Å². The largest absolute Gasteiger partial charge is 0.395 e. The minimum absolute atomic E-state index is 0.105. The zero-order valence-corrected chi connectivity index (χ0v) is 12.5. The van der Waals surface area contributed by atoms with Gasteiger partial charge in [-0.3, -0.25) is 14.7 Å². The predicted octanol–water partition coefficient (Wildman–Crippen LogP) is 0.399. The Morgan fingerprint density at radius 2 is 2.15 bits per heavy atom. The monoisotopic (exact) mass is 281 g/mol. The molecule has 1 atom stereocenters. The van der Waals surface area contributed by atoms with E-state index in [1.165, 1.54) is 4.90 Å². The molecular weight excluding hydrogens is 258 g/mol. The number of aryl methyl sites for hydroxylation is 1. The smallest absolute Gasteiger partial charge is 0.276 e. The number of nitrogens with one attached hydrogen (secondary N) is 2. The van der Waals surface area contributed by atoms with Crippen LogP contribution in [0, 0.1) is 5.92 Å². The lowest BCUT2D eigenvalue weighted by Crippen LogP contribution is -2.37. The van der Waals surface area contributed by atoms with E-state index in [0.29, 0.717) is 12.2 Å². The maximum Gasteiger partial charge on any atom is 0.276 e. The fourth-order valence-corrected chi connectivity index (χ4v) is 1.99. The maximum absolute atomic E-state index is 12.3. The molecule has 0 aliphatic carbocycles. The molecule has 1 rings (SSSR count). The van der Waals surface area contributed by atoms with Crippen molar-refractivity contribution in [3.63, 3.8) is 0 Å². The van der Waals surface area contributed by atoms with Gasteiger partial charge in [0.25, 0.3) is 5.91 Å². The van der Waals surface area contributed by atoms with Crippen LogP contribution in [0.4, 0.5) is 5.69 Å². The summed E-state index contributed by atoms with van der Waals surface area (Å²) in [5, 5.41) is 9.34. The number of amides is 2. The van der Waals surface area contributed by atoms with Crippen LogP contribution < -0.4 is 11.1 Å². The molecule has 20 heavy (non-hydrogen) atoms. The van der Waals surface area contributed by atoms with E-state index in [1.54, 1.807) is 21.0 Å². The van der Waals surface area contributed by atoms with Gasteiger partial charge in [0.2, 0.25) is 5.91 Å². The van der Waals surface area contributed by atoms with Gasteiger partial charge in [0.15, 0.2) is 5.69 Å². The van der Waals surface area contributed by atoms with Gasteiger partial charge in [-0.2, -0.15) is 5.10 Å². The third kappa shape index (κ3) is 3.49. The summed E-state index contributed by atoms with van der Waals surface area (Å²) in [6.45, 7) is 4.10. The molecule has 1 aromatic rings. The van der Waals surface area contributed by atoms with Gasteiger partial charge in [0, 0.05) is 20.6 Å². The predicted molar refractivity (Wildman–Crippen MR) is 77.2 cm³/mol. The number of aromatic nitrogens is 2. The van der Waals surface area contributed by atoms with Crippen LogP contribution in [0.15, 0.2) is 0 Å². The quantitative estimate of drug-likeness (QED) is 0.702. The van der Waals surface area contributed by atoms with Crippen LogP contribution in [0.2, 0.25) is 0 Å². The second-order valence-electron chi connectivity index (χ2n) is 4.92. The topological polar surface area (TPSA) is 104 Å². The highest BCUT2D eigenvalue weighted by atomic mass is 16.2. The van der Waals surface area contributed by atoms with Crippen molar-refractivity contribution in [2.45, 2.75) is 26.7 Å². The molecule has 0 saturated heterocycles. The Labute approximate surface area is 118 Å². The molecule has 2 amide bonds. The first-order valence-corrected chi connectivity index (χ1v) is 6.72. The van der Waals surface area contributed by atoms with Gasteiger partial charge in [-0.25, -0.2) is 0 Å². The summed E-state index contributed by atoms with van der Waals surface area (Å²) in [4.78, 5) is 25.2. The second kappa shape index (κ2) is 6.93. The maximum atomic E-state index is 12.3. The zero-order valence-electron chi connectivity index (χ0n) is 12.5. The lowest BCUT2D eigenvalue weighted by molar-refractivity contribution is -0.124. The molecule has 112 valence electrons. The number of anilines is 1. The molecular formula is C13H23N5O2. The Hall–Kier alpha value is -2.05. The number of nitrogen functional groups attached to an aromatic ring is 1. The summed E-state index contributed by atoms with van der Waals surface area (Å²) < 4.78 is 0. The molecule has 0 radical (unpaired) electrons. The third-order valence-electron chi connectivity index (χ3n) is 3.17. The van der Waals surface area contributed by atoms with E-state index in [2.05, 4.69) is 15.5 Å². The highest BCUT2D eigenvalue weighted by Gasteiger charge is 2.23. The van der Waals surface area contributed by atoms with Crippen molar-refractivity contribution in [3.8, 4) is 0 Å². The highest BCUT2D eigenvalue weighted by molar-refractivity contribution is 5.97. The fraction of sp³-hybridized carbons (Fsp3) is 0.615. The molecule has 1 heterocycles. The van der Waals surface area contributed by atoms with Crippen molar-refractivity contribution in [2.24, 2.45) is 5.92 Å². The molecule has 4 N–H and O–H groups in total. The van der Waals surface area contributed by atoms with Crippen LogP contribution in [-0.2, 0) is 11.2 Å². The number of hydrogen-bond donors (Lipinski definition) is 3. The van der Waals surface area contributed by atoms with Crippen molar-refractivity contribution < 1.29 is 9.59 Å². The van der Waals surface area contributed by atoms with E-state index in [4.69, 9.17) is 5.73 Å². The molecule has 7 nitrogen and oxygen atoms in total. The lowest BCUT2D eigenvalue weighted by atomic mass is 10.1. The summed E-state index contributed by atoms with van der Waals surface area (Å²) in [5.41, 5.74) is 7.33. The first kappa shape index (κ1) is 16.0. The molecule has 0 aromatic carbocycles. The molecule has 1 unspecified atom stereocenters. The van der Waals surface area contributed by atoms with Crippen molar-refractivity contribution in [1.29, 1.82) is 0 Å². The van der Waals surface area contributed by atoms with Gasteiger partial charge >= 0.3 is 0 Å². The average molecular weight is 281 g/mol. The Morgan fingerprint density at radius 1 is 1.50 bits per heavy atom. The summed E-state index contributed by atoms with van der Waals surface area (Å²) in [6.07, 6.45) is 1.67. The van der Waals surface area contributed by atoms with E-state index in [1.807, 2.05) is 6.92 Å². The lowest BCUT2D eigenvalue weighted by Gasteiger charge is -2.20. The number of carbonyl (C=O) groups excluding carboxylic acids is 2. The number of hydrogen-bond acceptors (Lipinski definition) is 4. The third-order valence-corrected chi connectivity index (χ3v) is 3.17. The van der Waals surface area contributed by atoms with E-state index >= 15 is 0 Å². The van der Waals surface area contributed by atoms with Gasteiger partial charge < -0.3 is 16.0 Å². The summed E-state index contributed by atoms with van der Waals surface area (Å²) >= 11 is 0. The Bertz CT molecular complexity index is 483. The molecule has 0 spiro atoms. The molecule has 1 aromatic heterocycles. The first-order chi connectivity index (χ1) is 9.42. The van der Waals surface area contributed by atoms with Gasteiger partial charge in [-0.15, -0.1) is 0 Å². The van der Waals surface area contributed by atoms with E-state index < -0.39 is 0 Å². The molecule has 0 aliphatic heterocycles. The average Bonchev–Trinajstić information content (AvgIpc) is 2.78. The van der Waals surface area contributed by atoms with Crippen molar-refractivity contribution in [2.75, 3.05) is 26.4 Å². The van der Waals surface area contributed by atoms with Crippen LogP contribution >= 0.6 is 0 Å². The second-order valence-corrected chi connectivity index (χ2v) is 4.92. The van der Waals surface area contributed by atoms with Crippen molar-refractivity contribution in [3.05, 3.63) is 11.4 Å². The van der Waals surface area contributed by atoms with Gasteiger partial charge in [0.05, 0.1) is 17.3 Å². The number of H-pyrrole nitrogens is 1. The number of rotatable bonds is 6. The molecule has 0 fully saturated rings. The van der Waals surface area contributed by atoms with Crippen LogP contribution in [0.3, 0.4) is 0 Å². The summed E-state index contributed by atoms with van der Waals surface area (Å²) in [7, 11) is 3.21. The fourth-order valence-electron chi connectivity index (χ4n) is 1.99. The number of nitrogens with two attached hydrogens (primary N) is 1. The van der Waals surface area contributed by atoms with Crippen LogP contribution in [0.5, 0.6) is 0 Å². The summed E-state index contributed by atoms with van der Waals surface area (Å²) in [6, 6.07) is 0. The van der Waals surface area contributed by atoms with Crippen molar-refractivity contribution in [1.82, 2.24) is 20.4 Å². The molecule has 7 heteroatoms. The Kier molecular flexibility index (Phi) is 5.54. The standard InChI is InChI=1S/C13H23N5O2/c1-5-6-9-10(14)11(17-16-9)13(20)18(4)7-8(2)12(19)15-3/h8H,5-7,14H2,1-4H3,(H,15,19)(H,16,17). The minimum Gasteiger partial charge on any atom is -0.395 e. The van der Waals surface area contributed by atoms with E-state index in [9.17, 15) is 9.59 Å². The molecule has 0 aliphatic rings. The number of carbonyl (C=O) groups is 2. The normalized spacial score (nSPS) is 12.0. The molecule has 0 bridgehead atoms. The van der Waals surface area contributed by atoms with Crippen LogP contribution in [-0.4, -0.2) is 47.6 Å². The van der Waals surface area contributed by atoms with Gasteiger partial charge in [-0.1, -0.05) is 20.3 Å². The molecule has 0 saturated carbocycles. The first-order valence-electron chi connectivity index (χ1n) is 6.72. The minimum atomic E-state index is -0.288. The highest BCUT2D eigenvalue weighted by Crippen LogP contribution is 2.17. The van der Waals surface area contributed by atoms with Crippen LogP contribution in [0.25, 0.3) is 0 Å². The number of nitrogens with zero attached hydrogens (tertiary/aromatic N) is 2. The van der Waals surface area contributed by atoms with Crippen molar-refractivity contribution >= 4 is 17.5 Å². The van der Waals surface area contributed by atoms with Crippen LogP contribution in [0.1, 0.15) is 36.5 Å². The van der Waals surface area contributed by atoms with Gasteiger partial charge in [0.1, 0.15) is 0 Å². The van der Waals surface area contributed by atoms with E-state index in [-0.39, 0.29) is 23.4 Å². The Balaban J connectivity index is 2.77. The SMILES string of the molecule is CCCc1[nH]nc(C(=O)N(C)CC(C)C(=O)NC)c1N. The summed E-state index contributed by atoms with van der Waals surface area (Å²) in [5.74, 6) is -0.674. The Morgan fingerprint density at radius 3 is 2.70 bits per heavy atom. The van der Waals surface area contributed by atoms with Gasteiger partial charge in [-0.05, 0) is 6.42 Å². The number of aromatic amines is 1.